The molecule has 5 rings (SSSR count). The minimum Gasteiger partial charge on any atom is -0.475 e. The summed E-state index contributed by atoms with van der Waals surface area (Å²) < 4.78 is 33.7. The molecule has 35 heavy (non-hydrogen) atoms. The second-order valence-corrected chi connectivity index (χ2v) is 10.1. The van der Waals surface area contributed by atoms with Crippen LogP contribution < -0.4 is 0 Å². The molecule has 5 nitrogen and oxygen atoms in total. The van der Waals surface area contributed by atoms with Crippen molar-refractivity contribution in [3.8, 4) is 0 Å². The van der Waals surface area contributed by atoms with Gasteiger partial charge in [-0.25, -0.2) is 9.78 Å². The molecule has 0 radical (unpaired) electrons. The minimum absolute atomic E-state index is 0.537. The number of imidazole rings is 1. The highest BCUT2D eigenvalue weighted by atomic mass is 35.5. The number of hydrogen-bond acceptors (Lipinski definition) is 3. The van der Waals surface area contributed by atoms with Gasteiger partial charge in [0.15, 0.2) is 5.65 Å². The molecule has 0 saturated heterocycles. The summed E-state index contributed by atoms with van der Waals surface area (Å²) in [5.74, 6) is -2.76. The van der Waals surface area contributed by atoms with Crippen LogP contribution in [0.2, 0.25) is 10.0 Å². The molecular weight excluding hydrogens is 502 g/mol. The van der Waals surface area contributed by atoms with Crippen LogP contribution in [0.5, 0.6) is 0 Å². The second-order valence-electron chi connectivity index (χ2n) is 9.29. The maximum absolute atomic E-state index is 10.6. The molecule has 1 atom stereocenters. The number of carboxylic acid groups (broad SMARTS) is 1. The van der Waals surface area contributed by atoms with Crippen LogP contribution in [-0.4, -0.2) is 37.6 Å². The highest BCUT2D eigenvalue weighted by Gasteiger charge is 2.49. The molecule has 10 heteroatoms. The third-order valence-corrected chi connectivity index (χ3v) is 7.49. The Morgan fingerprint density at radius 1 is 1.11 bits per heavy atom. The van der Waals surface area contributed by atoms with Crippen LogP contribution in [0.4, 0.5) is 13.2 Å². The molecule has 1 spiro atoms. The maximum Gasteiger partial charge on any atom is 0.490 e. The fourth-order valence-corrected chi connectivity index (χ4v) is 5.89. The maximum atomic E-state index is 10.6. The Balaban J connectivity index is 0.000000364. The third-order valence-electron chi connectivity index (χ3n) is 7.01. The van der Waals surface area contributed by atoms with Crippen molar-refractivity contribution in [1.82, 2.24) is 14.3 Å². The predicted octanol–water partition coefficient (Wildman–Crippen LogP) is 7.00. The fraction of sp³-hybridized carbons (Fsp3) is 0.440. The van der Waals surface area contributed by atoms with Crippen LogP contribution in [0.3, 0.4) is 0 Å². The zero-order valence-electron chi connectivity index (χ0n) is 18.9. The van der Waals surface area contributed by atoms with Crippen LogP contribution >= 0.6 is 23.2 Å². The molecule has 188 valence electrons. The number of fused-ring (bicyclic) bond motifs is 1. The topological polar surface area (TPSA) is 57.8 Å². The van der Waals surface area contributed by atoms with E-state index in [1.165, 1.54) is 44.1 Å². The predicted molar refractivity (Wildman–Crippen MR) is 129 cm³/mol. The summed E-state index contributed by atoms with van der Waals surface area (Å²) in [6, 6.07) is 13.2. The summed E-state index contributed by atoms with van der Waals surface area (Å²) in [6.07, 6.45) is 7.06. The van der Waals surface area contributed by atoms with E-state index in [2.05, 4.69) is 41.4 Å². The molecule has 1 N–H and O–H groups in total. The van der Waals surface area contributed by atoms with Crippen molar-refractivity contribution in [1.29, 1.82) is 0 Å². The first-order valence-corrected chi connectivity index (χ1v) is 12.2. The Kier molecular flexibility index (Phi) is 7.64. The van der Waals surface area contributed by atoms with E-state index in [0.29, 0.717) is 21.5 Å². The zero-order chi connectivity index (χ0) is 25.2. The first-order chi connectivity index (χ1) is 16.6. The molecule has 0 aliphatic heterocycles. The second kappa shape index (κ2) is 10.4. The number of nitrogens with zero attached hydrogens (tertiary/aromatic N) is 3. The number of halogens is 5. The van der Waals surface area contributed by atoms with Gasteiger partial charge in [0.25, 0.3) is 0 Å². The van der Waals surface area contributed by atoms with E-state index in [1.54, 1.807) is 6.07 Å². The molecule has 2 aliphatic rings. The van der Waals surface area contributed by atoms with Crippen molar-refractivity contribution in [2.24, 2.45) is 5.41 Å². The molecule has 3 aromatic rings. The van der Waals surface area contributed by atoms with Gasteiger partial charge in [-0.1, -0.05) is 66.4 Å². The van der Waals surface area contributed by atoms with E-state index in [-0.39, 0.29) is 0 Å². The summed E-state index contributed by atoms with van der Waals surface area (Å²) in [4.78, 5) is 16.4. The Hall–Kier alpha value is -2.29. The number of carbonyl (C=O) groups is 1. The van der Waals surface area contributed by atoms with Gasteiger partial charge < -0.3 is 9.51 Å². The summed E-state index contributed by atoms with van der Waals surface area (Å²) in [5, 5.41) is 8.36. The first-order valence-electron chi connectivity index (χ1n) is 11.5. The number of hydrogen-bond donors (Lipinski definition) is 1. The van der Waals surface area contributed by atoms with E-state index in [4.69, 9.17) is 38.1 Å². The Morgan fingerprint density at radius 2 is 1.77 bits per heavy atom. The van der Waals surface area contributed by atoms with Crippen LogP contribution in [-0.2, 0) is 17.9 Å². The van der Waals surface area contributed by atoms with Gasteiger partial charge in [0.05, 0.1) is 15.7 Å². The molecule has 1 aromatic carbocycles. The van der Waals surface area contributed by atoms with E-state index in [1.807, 2.05) is 10.6 Å². The Morgan fingerprint density at radius 3 is 2.37 bits per heavy atom. The van der Waals surface area contributed by atoms with Crippen LogP contribution in [0, 0.1) is 5.41 Å². The van der Waals surface area contributed by atoms with Gasteiger partial charge in [-0.3, -0.25) is 4.90 Å². The number of alkyl halides is 3. The number of aromatic nitrogens is 2. The smallest absolute Gasteiger partial charge is 0.475 e. The minimum atomic E-state index is -5.08. The SMILES string of the molecule is Clc1cc(Cl)c2nc(CN(Cc3ccccc3)C3CCCC34CCC4)cn2c1.O=C(O)C(F)(F)F. The van der Waals surface area contributed by atoms with Gasteiger partial charge in [0.1, 0.15) is 0 Å². The zero-order valence-corrected chi connectivity index (χ0v) is 20.5. The van der Waals surface area contributed by atoms with Gasteiger partial charge in [0.2, 0.25) is 0 Å². The molecular formula is C25H26Cl2F3N3O2. The van der Waals surface area contributed by atoms with Crippen molar-refractivity contribution in [3.05, 3.63) is 70.1 Å². The number of rotatable bonds is 5. The van der Waals surface area contributed by atoms with E-state index in [9.17, 15) is 13.2 Å². The van der Waals surface area contributed by atoms with Crippen molar-refractivity contribution >= 4 is 34.8 Å². The van der Waals surface area contributed by atoms with E-state index >= 15 is 0 Å². The number of aliphatic carboxylic acids is 1. The summed E-state index contributed by atoms with van der Waals surface area (Å²) in [7, 11) is 0. The van der Waals surface area contributed by atoms with Crippen molar-refractivity contribution in [3.63, 3.8) is 0 Å². The molecule has 2 fully saturated rings. The fourth-order valence-electron chi connectivity index (χ4n) is 5.36. The van der Waals surface area contributed by atoms with Gasteiger partial charge in [0, 0.05) is 31.5 Å². The lowest BCUT2D eigenvalue weighted by Crippen LogP contribution is -2.47. The van der Waals surface area contributed by atoms with Crippen molar-refractivity contribution in [2.75, 3.05) is 0 Å². The third kappa shape index (κ3) is 5.93. The Bertz CT molecular complexity index is 1180. The molecule has 0 amide bonds. The monoisotopic (exact) mass is 527 g/mol. The number of carboxylic acids is 1. The molecule has 2 saturated carbocycles. The lowest BCUT2D eigenvalue weighted by atomic mass is 9.65. The molecule has 2 heterocycles. The van der Waals surface area contributed by atoms with Gasteiger partial charge in [-0.05, 0) is 42.7 Å². The van der Waals surface area contributed by atoms with Gasteiger partial charge >= 0.3 is 12.1 Å². The summed E-state index contributed by atoms with van der Waals surface area (Å²) >= 11 is 12.5. The Labute approximate surface area is 211 Å². The quantitative estimate of drug-likeness (QED) is 0.388. The largest absolute Gasteiger partial charge is 0.490 e. The molecule has 1 unspecified atom stereocenters. The van der Waals surface area contributed by atoms with Crippen molar-refractivity contribution in [2.45, 2.75) is 63.8 Å². The number of pyridine rings is 1. The lowest BCUT2D eigenvalue weighted by Gasteiger charge is -2.48. The average molecular weight is 528 g/mol. The average Bonchev–Trinajstić information content (AvgIpc) is 3.38. The van der Waals surface area contributed by atoms with Crippen LogP contribution in [0.25, 0.3) is 5.65 Å². The van der Waals surface area contributed by atoms with Crippen LogP contribution in [0.15, 0.2) is 48.8 Å². The summed E-state index contributed by atoms with van der Waals surface area (Å²) in [6.45, 7) is 1.81. The van der Waals surface area contributed by atoms with E-state index < -0.39 is 12.1 Å². The molecule has 2 aliphatic carbocycles. The standard InChI is InChI=1S/C23H25Cl2N3.C2HF3O2/c24-18-12-20(25)22-26-19(16-28(22)14-18)15-27(13-17-6-2-1-3-7-17)21-8-4-9-23(21)10-5-11-23;3-2(4,5)1(6)7/h1-3,6-7,12,14,16,21H,4-5,8-11,13,15H2;(H,6,7). The summed E-state index contributed by atoms with van der Waals surface area (Å²) in [5.41, 5.74) is 3.75. The highest BCUT2D eigenvalue weighted by Crippen LogP contribution is 2.55. The van der Waals surface area contributed by atoms with Gasteiger partial charge in [-0.2, -0.15) is 13.2 Å². The highest BCUT2D eigenvalue weighted by molar-refractivity contribution is 6.36. The normalized spacial score (nSPS) is 19.0. The van der Waals surface area contributed by atoms with E-state index in [0.717, 1.165) is 24.4 Å². The first kappa shape index (κ1) is 25.8. The lowest BCUT2D eigenvalue weighted by molar-refractivity contribution is -0.192. The van der Waals surface area contributed by atoms with Crippen LogP contribution in [0.1, 0.15) is 49.8 Å². The van der Waals surface area contributed by atoms with Gasteiger partial charge in [-0.15, -0.1) is 0 Å². The van der Waals surface area contributed by atoms with Crippen molar-refractivity contribution < 1.29 is 23.1 Å². The molecule has 2 aromatic heterocycles. The number of benzene rings is 1. The molecule has 0 bridgehead atoms.